The molecule has 0 aliphatic carbocycles. The molecular formula is C14H17BrN2O3. The monoisotopic (exact) mass is 340 g/mol. The maximum atomic E-state index is 12.1. The highest BCUT2D eigenvalue weighted by molar-refractivity contribution is 9.10. The summed E-state index contributed by atoms with van der Waals surface area (Å²) in [5, 5.41) is 11.8. The molecule has 1 aromatic carbocycles. The van der Waals surface area contributed by atoms with Crippen molar-refractivity contribution >= 4 is 33.6 Å². The van der Waals surface area contributed by atoms with Crippen LogP contribution in [0, 0.1) is 12.8 Å². The highest BCUT2D eigenvalue weighted by atomic mass is 79.9. The third kappa shape index (κ3) is 3.50. The molecule has 2 rings (SSSR count). The summed E-state index contributed by atoms with van der Waals surface area (Å²) >= 11 is 3.43. The second-order valence-corrected chi connectivity index (χ2v) is 5.85. The lowest BCUT2D eigenvalue weighted by Gasteiger charge is -2.30. The van der Waals surface area contributed by atoms with Gasteiger partial charge in [-0.1, -0.05) is 22.0 Å². The molecule has 1 fully saturated rings. The van der Waals surface area contributed by atoms with Gasteiger partial charge in [0.1, 0.15) is 0 Å². The molecule has 2 N–H and O–H groups in total. The molecule has 0 unspecified atom stereocenters. The van der Waals surface area contributed by atoms with E-state index in [1.807, 2.05) is 25.1 Å². The lowest BCUT2D eigenvalue weighted by Crippen LogP contribution is -2.42. The molecule has 6 heteroatoms. The summed E-state index contributed by atoms with van der Waals surface area (Å²) in [6.45, 7) is 2.94. The minimum atomic E-state index is -0.771. The molecule has 0 aromatic heterocycles. The van der Waals surface area contributed by atoms with Crippen molar-refractivity contribution in [1.82, 2.24) is 4.90 Å². The second-order valence-electron chi connectivity index (χ2n) is 4.99. The Morgan fingerprint density at radius 2 is 2.00 bits per heavy atom. The lowest BCUT2D eigenvalue weighted by atomic mass is 9.97. The Morgan fingerprint density at radius 3 is 2.55 bits per heavy atom. The second kappa shape index (κ2) is 6.26. The van der Waals surface area contributed by atoms with Crippen LogP contribution in [0.15, 0.2) is 22.7 Å². The van der Waals surface area contributed by atoms with E-state index in [4.69, 9.17) is 5.11 Å². The van der Waals surface area contributed by atoms with Gasteiger partial charge in [-0.25, -0.2) is 4.79 Å². The van der Waals surface area contributed by atoms with Crippen molar-refractivity contribution in [2.45, 2.75) is 19.8 Å². The third-order valence-electron chi connectivity index (χ3n) is 3.55. The van der Waals surface area contributed by atoms with Crippen LogP contribution < -0.4 is 5.32 Å². The fourth-order valence-corrected chi connectivity index (χ4v) is 2.58. The van der Waals surface area contributed by atoms with Gasteiger partial charge in [-0.3, -0.25) is 4.79 Å². The molecule has 0 bridgehead atoms. The van der Waals surface area contributed by atoms with Crippen LogP contribution in [0.2, 0.25) is 0 Å². The number of likely N-dealkylation sites (tertiary alicyclic amines) is 1. The Labute approximate surface area is 126 Å². The fraction of sp³-hybridized carbons (Fsp3) is 0.429. The van der Waals surface area contributed by atoms with Gasteiger partial charge in [-0.05, 0) is 37.5 Å². The smallest absolute Gasteiger partial charge is 0.321 e. The lowest BCUT2D eigenvalue weighted by molar-refractivity contribution is -0.143. The van der Waals surface area contributed by atoms with Crippen molar-refractivity contribution in [2.75, 3.05) is 18.4 Å². The molecule has 0 atom stereocenters. The number of aryl methyl sites for hydroxylation is 1. The summed E-state index contributed by atoms with van der Waals surface area (Å²) in [6.07, 6.45) is 1.03. The fourth-order valence-electron chi connectivity index (χ4n) is 2.20. The van der Waals surface area contributed by atoms with Crippen molar-refractivity contribution in [3.05, 3.63) is 28.2 Å². The number of amides is 2. The van der Waals surface area contributed by atoms with Crippen LogP contribution in [0.25, 0.3) is 0 Å². The number of nitrogens with zero attached hydrogens (tertiary/aromatic N) is 1. The molecule has 1 aliphatic heterocycles. The van der Waals surface area contributed by atoms with Crippen LogP contribution in [0.5, 0.6) is 0 Å². The van der Waals surface area contributed by atoms with Crippen molar-refractivity contribution < 1.29 is 14.7 Å². The molecule has 1 aliphatic rings. The average Bonchev–Trinajstić information content (AvgIpc) is 2.43. The van der Waals surface area contributed by atoms with Crippen LogP contribution in [-0.2, 0) is 4.79 Å². The number of rotatable bonds is 2. The molecule has 1 heterocycles. The number of benzene rings is 1. The number of hydrogen-bond donors (Lipinski definition) is 2. The Balaban J connectivity index is 1.92. The number of carboxylic acids is 1. The average molecular weight is 341 g/mol. The number of nitrogens with one attached hydrogen (secondary N) is 1. The van der Waals surface area contributed by atoms with Crippen molar-refractivity contribution in [2.24, 2.45) is 5.92 Å². The molecular weight excluding hydrogens is 324 g/mol. The number of carbonyl (C=O) groups is 2. The van der Waals surface area contributed by atoms with Crippen molar-refractivity contribution in [3.8, 4) is 0 Å². The minimum absolute atomic E-state index is 0.176. The van der Waals surface area contributed by atoms with E-state index in [0.717, 1.165) is 15.7 Å². The van der Waals surface area contributed by atoms with Crippen molar-refractivity contribution in [3.63, 3.8) is 0 Å². The van der Waals surface area contributed by atoms with E-state index in [2.05, 4.69) is 21.2 Å². The number of carboxylic acid groups (broad SMARTS) is 1. The van der Waals surface area contributed by atoms with Gasteiger partial charge in [-0.2, -0.15) is 0 Å². The van der Waals surface area contributed by atoms with Crippen LogP contribution in [-0.4, -0.2) is 35.1 Å². The van der Waals surface area contributed by atoms with Gasteiger partial charge in [0.25, 0.3) is 0 Å². The summed E-state index contributed by atoms with van der Waals surface area (Å²) in [6, 6.07) is 5.46. The molecule has 20 heavy (non-hydrogen) atoms. The van der Waals surface area contributed by atoms with Gasteiger partial charge in [0.05, 0.1) is 5.92 Å². The molecule has 2 amide bonds. The summed E-state index contributed by atoms with van der Waals surface area (Å²) < 4.78 is 0.944. The van der Waals surface area contributed by atoms with E-state index in [1.165, 1.54) is 0 Å². The first-order valence-electron chi connectivity index (χ1n) is 6.52. The first-order valence-corrected chi connectivity index (χ1v) is 7.31. The SMILES string of the molecule is Cc1ccc(NC(=O)N2CCC(C(=O)O)CC2)cc1Br. The zero-order chi connectivity index (χ0) is 14.7. The molecule has 0 radical (unpaired) electrons. The van der Waals surface area contributed by atoms with Gasteiger partial charge in [-0.15, -0.1) is 0 Å². The predicted molar refractivity (Wildman–Crippen MR) is 79.8 cm³/mol. The highest BCUT2D eigenvalue weighted by Crippen LogP contribution is 2.22. The van der Waals surface area contributed by atoms with Gasteiger partial charge in [0.2, 0.25) is 0 Å². The Hall–Kier alpha value is -1.56. The van der Waals surface area contributed by atoms with Crippen LogP contribution in [0.4, 0.5) is 10.5 Å². The van der Waals surface area contributed by atoms with E-state index >= 15 is 0 Å². The highest BCUT2D eigenvalue weighted by Gasteiger charge is 2.26. The van der Waals surface area contributed by atoms with Crippen molar-refractivity contribution in [1.29, 1.82) is 0 Å². The van der Waals surface area contributed by atoms with Crippen LogP contribution in [0.1, 0.15) is 18.4 Å². The third-order valence-corrected chi connectivity index (χ3v) is 4.41. The molecule has 1 aromatic rings. The molecule has 0 saturated carbocycles. The van der Waals surface area contributed by atoms with Crippen LogP contribution >= 0.6 is 15.9 Å². The van der Waals surface area contributed by atoms with Gasteiger partial charge >= 0.3 is 12.0 Å². The van der Waals surface area contributed by atoms with Gasteiger partial charge < -0.3 is 15.3 Å². The van der Waals surface area contributed by atoms with E-state index in [-0.39, 0.29) is 11.9 Å². The standard InChI is InChI=1S/C14H17BrN2O3/c1-9-2-3-11(8-12(9)15)16-14(20)17-6-4-10(5-7-17)13(18)19/h2-3,8,10H,4-7H2,1H3,(H,16,20)(H,18,19). The largest absolute Gasteiger partial charge is 0.481 e. The number of urea groups is 1. The first-order chi connectivity index (χ1) is 9.47. The maximum absolute atomic E-state index is 12.1. The Bertz CT molecular complexity index is 525. The number of aliphatic carboxylic acids is 1. The molecule has 5 nitrogen and oxygen atoms in total. The summed E-state index contributed by atoms with van der Waals surface area (Å²) in [4.78, 5) is 24.6. The number of carbonyl (C=O) groups excluding carboxylic acids is 1. The van der Waals surface area contributed by atoms with E-state index in [9.17, 15) is 9.59 Å². The maximum Gasteiger partial charge on any atom is 0.321 e. The molecule has 0 spiro atoms. The van der Waals surface area contributed by atoms with E-state index < -0.39 is 5.97 Å². The number of hydrogen-bond acceptors (Lipinski definition) is 2. The normalized spacial score (nSPS) is 16.0. The molecule has 108 valence electrons. The summed E-state index contributed by atoms with van der Waals surface area (Å²) in [5.41, 5.74) is 1.83. The number of anilines is 1. The van der Waals surface area contributed by atoms with Gasteiger partial charge in [0, 0.05) is 23.2 Å². The Kier molecular flexibility index (Phi) is 4.65. The molecule has 1 saturated heterocycles. The van der Waals surface area contributed by atoms with Crippen LogP contribution in [0.3, 0.4) is 0 Å². The van der Waals surface area contributed by atoms with E-state index in [0.29, 0.717) is 25.9 Å². The summed E-state index contributed by atoms with van der Waals surface area (Å²) in [7, 11) is 0. The van der Waals surface area contributed by atoms with Gasteiger partial charge in [0.15, 0.2) is 0 Å². The summed E-state index contributed by atoms with van der Waals surface area (Å²) in [5.74, 6) is -1.10. The Morgan fingerprint density at radius 1 is 1.35 bits per heavy atom. The number of halogens is 1. The zero-order valence-corrected chi connectivity index (χ0v) is 12.8. The first kappa shape index (κ1) is 14.8. The predicted octanol–water partition coefficient (Wildman–Crippen LogP) is 3.09. The zero-order valence-electron chi connectivity index (χ0n) is 11.2. The minimum Gasteiger partial charge on any atom is -0.481 e. The number of piperidine rings is 1. The topological polar surface area (TPSA) is 69.6 Å². The quantitative estimate of drug-likeness (QED) is 0.869. The van der Waals surface area contributed by atoms with E-state index in [1.54, 1.807) is 4.90 Å².